The van der Waals surface area contributed by atoms with Gasteiger partial charge in [-0.15, -0.1) is 44.1 Å². The fourth-order valence-corrected chi connectivity index (χ4v) is 15.9. The summed E-state index contributed by atoms with van der Waals surface area (Å²) in [5.74, 6) is 16.0. The Morgan fingerprint density at radius 1 is 0.465 bits per heavy atom. The van der Waals surface area contributed by atoms with Crippen molar-refractivity contribution in [3.8, 4) is 53.3 Å². The molecule has 101 heavy (non-hydrogen) atoms. The molecule has 1 N–H and O–H groups in total. The van der Waals surface area contributed by atoms with Crippen LogP contribution in [0.1, 0.15) is 84.5 Å². The van der Waals surface area contributed by atoms with Crippen LogP contribution in [0.15, 0.2) is 186 Å². The van der Waals surface area contributed by atoms with E-state index in [1.807, 2.05) is 82.6 Å². The molecule has 13 rings (SSSR count). The van der Waals surface area contributed by atoms with Crippen LogP contribution in [0.25, 0.3) is 60.5 Å². The van der Waals surface area contributed by atoms with Crippen LogP contribution in [0.3, 0.4) is 0 Å². The molecule has 9 aromatic carbocycles. The number of fused-ring (bicyclic) bond motifs is 9. The zero-order valence-electron chi connectivity index (χ0n) is 53.2. The quantitative estimate of drug-likeness (QED) is 0.0634. The van der Waals surface area contributed by atoms with Gasteiger partial charge in [-0.25, -0.2) is 0 Å². The topological polar surface area (TPSA) is 160 Å². The summed E-state index contributed by atoms with van der Waals surface area (Å²) in [4.78, 5) is 0. The summed E-state index contributed by atoms with van der Waals surface area (Å²) in [6.07, 6.45) is 10.6. The highest BCUT2D eigenvalue weighted by molar-refractivity contribution is 9.10. The zero-order valence-corrected chi connectivity index (χ0v) is 59.7. The molecule has 1 unspecified atom stereocenters. The first-order valence-electron chi connectivity index (χ1n) is 30.4. The van der Waals surface area contributed by atoms with E-state index in [1.165, 1.54) is 75.1 Å². The molecule has 4 heterocycles. The first kappa shape index (κ1) is 76.5. The van der Waals surface area contributed by atoms with Gasteiger partial charge in [0.15, 0.2) is 6.29 Å². The summed E-state index contributed by atoms with van der Waals surface area (Å²) in [6, 6.07) is 59.6. The third kappa shape index (κ3) is 19.3. The average Bonchev–Trinajstić information content (AvgIpc) is 1.78. The predicted octanol–water partition coefficient (Wildman–Crippen LogP) is 20.6. The van der Waals surface area contributed by atoms with Crippen LogP contribution in [-0.4, -0.2) is 59.8 Å². The van der Waals surface area contributed by atoms with Crippen LogP contribution in [0.4, 0.5) is 39.5 Å². The number of hydrogen-bond acceptors (Lipinski definition) is 14. The molecule has 1 saturated heterocycles. The lowest BCUT2D eigenvalue weighted by Gasteiger charge is -2.24. The number of hydrogen-bond donors (Lipinski definition) is 1. The molecule has 0 amide bonds. The van der Waals surface area contributed by atoms with Crippen LogP contribution in [0.2, 0.25) is 0 Å². The number of benzene rings is 9. The summed E-state index contributed by atoms with van der Waals surface area (Å²) in [7, 11) is -19.4. The zero-order chi connectivity index (χ0) is 73.1. The van der Waals surface area contributed by atoms with Crippen LogP contribution in [-0.2, 0) is 58.0 Å². The maximum atomic E-state index is 12.6. The number of rotatable bonds is 9. The number of halogens is 10. The van der Waals surface area contributed by atoms with Gasteiger partial charge in [0.05, 0.1) is 6.61 Å². The van der Waals surface area contributed by atoms with E-state index in [4.69, 9.17) is 15.9 Å². The van der Waals surface area contributed by atoms with Crippen molar-refractivity contribution < 1.29 is 87.2 Å². The molecular weight excluding hydrogens is 1510 g/mol. The van der Waals surface area contributed by atoms with Crippen molar-refractivity contribution >= 4 is 141 Å². The Hall–Kier alpha value is -8.66. The molecule has 0 spiro atoms. The summed E-state index contributed by atoms with van der Waals surface area (Å²) >= 11 is 8.83. The van der Waals surface area contributed by atoms with Crippen molar-refractivity contribution in [3.63, 3.8) is 0 Å². The molecule has 0 bridgehead atoms. The molecule has 0 saturated carbocycles. The van der Waals surface area contributed by atoms with E-state index in [2.05, 4.69) is 154 Å². The van der Waals surface area contributed by atoms with Crippen LogP contribution in [0, 0.1) is 36.0 Å². The molecule has 0 radical (unpaired) electrons. The molecule has 3 aromatic heterocycles. The average molecular weight is 1560 g/mol. The second kappa shape index (κ2) is 32.5. The maximum Gasteiger partial charge on any atom is 0.534 e. The Balaban J connectivity index is 0.000000152. The third-order valence-corrected chi connectivity index (χ3v) is 22.4. The lowest BCUT2D eigenvalue weighted by atomic mass is 10.1. The molecule has 1 atom stereocenters. The Labute approximate surface area is 596 Å². The van der Waals surface area contributed by atoms with Gasteiger partial charge in [-0.05, 0) is 158 Å². The summed E-state index contributed by atoms with van der Waals surface area (Å²) in [5, 5.41) is 17.4. The predicted molar refractivity (Wildman–Crippen MR) is 386 cm³/mol. The lowest BCUT2D eigenvalue weighted by Crippen LogP contribution is -2.34. The van der Waals surface area contributed by atoms with Crippen LogP contribution < -0.4 is 8.92 Å². The fraction of sp³-hybridized carbons (Fsp3) is 0.189. The number of aryl methyl sites for hydroxylation is 3. The van der Waals surface area contributed by atoms with E-state index >= 15 is 0 Å². The van der Waals surface area contributed by atoms with Gasteiger partial charge in [0.25, 0.3) is 0 Å². The number of phenolic OH excluding ortho intramolecular Hbond substituents is 1. The number of thiophene rings is 3. The lowest BCUT2D eigenvalue weighted by molar-refractivity contribution is -0.106. The molecule has 0 aliphatic carbocycles. The summed E-state index contributed by atoms with van der Waals surface area (Å²) in [5.41, 5.74) is -11.4. The largest absolute Gasteiger partial charge is 0.534 e. The smallest absolute Gasteiger partial charge is 0.508 e. The van der Waals surface area contributed by atoms with Crippen molar-refractivity contribution in [3.05, 3.63) is 231 Å². The van der Waals surface area contributed by atoms with E-state index < -0.39 is 46.9 Å². The SMILES string of the molecule is Brc1ccc2c(c1)sc1ccccc12.C#Cc1ccc(OC2CCCCO2)c(CC)c1.CCc1cc(C#Cc2ccc3c(c2)sc2ccccc23)ccc1O.CCc1cc(C#Cc2ccc3c(c2)sc2ccccc23)ccc1OS(=O)(=O)C(F)(F)F.O=S(=O)(OS(=O)(=O)C(F)(F)F)C(F)(F)F. The Morgan fingerprint density at radius 2 is 0.842 bits per heavy atom. The van der Waals surface area contributed by atoms with Crippen LogP contribution in [0.5, 0.6) is 17.2 Å². The minimum atomic E-state index is -6.85. The number of phenols is 1. The molecule has 27 heteroatoms. The Bertz CT molecular complexity index is 5510. The summed E-state index contributed by atoms with van der Waals surface area (Å²) in [6.45, 7) is 6.62. The maximum absolute atomic E-state index is 12.6. The van der Waals surface area contributed by atoms with E-state index in [0.29, 0.717) is 16.9 Å². The molecule has 524 valence electrons. The highest BCUT2D eigenvalue weighted by atomic mass is 79.9. The van der Waals surface area contributed by atoms with Gasteiger partial charge < -0.3 is 18.8 Å². The van der Waals surface area contributed by atoms with Crippen molar-refractivity contribution in [1.29, 1.82) is 0 Å². The number of alkyl halides is 9. The van der Waals surface area contributed by atoms with E-state index in [0.717, 1.165) is 86.0 Å². The molecule has 1 fully saturated rings. The second-order valence-electron chi connectivity index (χ2n) is 21.8. The second-order valence-corrected chi connectivity index (χ2v) is 30.8. The van der Waals surface area contributed by atoms with Gasteiger partial charge in [-0.2, -0.15) is 64.8 Å². The van der Waals surface area contributed by atoms with E-state index in [9.17, 15) is 69.9 Å². The van der Waals surface area contributed by atoms with Crippen LogP contribution >= 0.6 is 49.9 Å². The first-order chi connectivity index (χ1) is 47.8. The molecule has 1 aliphatic heterocycles. The van der Waals surface area contributed by atoms with Gasteiger partial charge in [0.2, 0.25) is 0 Å². The Morgan fingerprint density at radius 3 is 1.29 bits per heavy atom. The standard InChI is InChI=1S/C23H15F3O3S2.C22H16OS.C15H18O2.C12H7BrS.C2F6O5S2/c1-2-17-13-15(10-12-20(17)29-31(27,28)23(24,25)26)7-8-16-9-11-19-18-5-3-4-6-21(18)30-22(19)14-16;1-2-17-13-15(10-12-20(17)23)7-8-16-9-11-19-18-5-3-4-6-21(18)24-22(19)14-16;1-3-12-8-9-14(13(4-2)11-12)17-15-7-5-6-10-16-15;13-8-5-6-10-9-3-1-2-4-11(9)14-12(10)7-8;3-1(4,5)14(9,10)13-15(11,12)2(6,7)8/h3-6,9-14H,2H2,1H3;3-6,9-14,23H,2H2,1H3;1,8-9,11,15H,4-7,10H2,2H3;1-7H;. The fourth-order valence-electron chi connectivity index (χ4n) is 9.92. The monoisotopic (exact) mass is 1560 g/mol. The van der Waals surface area contributed by atoms with Gasteiger partial charge >= 0.3 is 46.9 Å². The minimum Gasteiger partial charge on any atom is -0.508 e. The van der Waals surface area contributed by atoms with Gasteiger partial charge in [0, 0.05) is 99.2 Å². The van der Waals surface area contributed by atoms with Gasteiger partial charge in [-0.3, -0.25) is 0 Å². The highest BCUT2D eigenvalue weighted by Crippen LogP contribution is 2.39. The molecular formula is C74H56BrF9O11S6. The van der Waals surface area contributed by atoms with E-state index in [1.54, 1.807) is 35.7 Å². The minimum absolute atomic E-state index is 0.0919. The van der Waals surface area contributed by atoms with E-state index in [-0.39, 0.29) is 18.5 Å². The summed E-state index contributed by atoms with van der Waals surface area (Å²) < 4.78 is 195. The Kier molecular flexibility index (Phi) is 24.7. The normalized spacial score (nSPS) is 13.4. The first-order valence-corrected chi connectivity index (χ1v) is 37.9. The highest BCUT2D eigenvalue weighted by Gasteiger charge is 2.57. The van der Waals surface area contributed by atoms with Crippen molar-refractivity contribution in [2.24, 2.45) is 0 Å². The molecule has 12 aromatic rings. The number of terminal acetylenes is 1. The van der Waals surface area contributed by atoms with Crippen molar-refractivity contribution in [1.82, 2.24) is 0 Å². The van der Waals surface area contributed by atoms with Crippen molar-refractivity contribution in [2.75, 3.05) is 6.61 Å². The molecule has 1 aliphatic rings. The van der Waals surface area contributed by atoms with Crippen molar-refractivity contribution in [2.45, 2.75) is 82.1 Å². The van der Waals surface area contributed by atoms with Gasteiger partial charge in [0.1, 0.15) is 17.2 Å². The third-order valence-electron chi connectivity index (χ3n) is 14.9. The number of aromatic hydroxyl groups is 1. The van der Waals surface area contributed by atoms with Gasteiger partial charge in [-0.1, -0.05) is 139 Å². The molecule has 11 nitrogen and oxygen atoms in total. The number of ether oxygens (including phenoxy) is 2.